The fraction of sp³-hybridized carbons (Fsp3) is 0.895. The molecule has 0 aromatic carbocycles. The first kappa shape index (κ1) is 18.6. The van der Waals surface area contributed by atoms with E-state index in [1.54, 1.807) is 0 Å². The molecule has 0 aliphatic carbocycles. The maximum Gasteiger partial charge on any atom is 0.0171 e. The topological polar surface area (TPSA) is 0 Å². The molecule has 0 rings (SSSR count). The lowest BCUT2D eigenvalue weighted by molar-refractivity contribution is 0.194. The quantitative estimate of drug-likeness (QED) is 0.327. The average molecular weight is 264 g/mol. The third kappa shape index (κ3) is 7.66. The molecular formula is C19H36. The number of unbranched alkanes of at least 4 members (excludes halogenated alkanes) is 1. The summed E-state index contributed by atoms with van der Waals surface area (Å²) in [7, 11) is 0. The molecule has 0 heterocycles. The van der Waals surface area contributed by atoms with E-state index in [0.29, 0.717) is 5.92 Å². The predicted octanol–water partition coefficient (Wildman–Crippen LogP) is 6.16. The Balaban J connectivity index is 3.93. The van der Waals surface area contributed by atoms with Gasteiger partial charge in [0.2, 0.25) is 0 Å². The molecule has 112 valence electrons. The first-order chi connectivity index (χ1) is 8.93. The van der Waals surface area contributed by atoms with Crippen molar-refractivity contribution in [3.05, 3.63) is 0 Å². The van der Waals surface area contributed by atoms with Crippen molar-refractivity contribution in [1.29, 1.82) is 0 Å². The van der Waals surface area contributed by atoms with E-state index in [-0.39, 0.29) is 0 Å². The third-order valence-corrected chi connectivity index (χ3v) is 5.20. The van der Waals surface area contributed by atoms with Gasteiger partial charge in [-0.1, -0.05) is 73.6 Å². The van der Waals surface area contributed by atoms with Gasteiger partial charge in [-0.15, -0.1) is 12.3 Å². The van der Waals surface area contributed by atoms with Gasteiger partial charge in [-0.25, -0.2) is 0 Å². The first-order valence-electron chi connectivity index (χ1n) is 8.40. The summed E-state index contributed by atoms with van der Waals surface area (Å²) in [5.74, 6) is 6.67. The zero-order valence-corrected chi connectivity index (χ0v) is 14.2. The highest BCUT2D eigenvalue weighted by Gasteiger charge is 2.22. The standard InChI is InChI=1S/C19H36/c1-8-12-16(4)18(6)19(7)17(5)14-11-10-13-15(3)9-2/h2,15-19H,8,10-14H2,1,3-7H3. The molecular weight excluding hydrogens is 228 g/mol. The van der Waals surface area contributed by atoms with Crippen molar-refractivity contribution in [2.75, 3.05) is 0 Å². The van der Waals surface area contributed by atoms with Crippen molar-refractivity contribution in [2.24, 2.45) is 29.6 Å². The molecule has 0 spiro atoms. The Labute approximate surface area is 122 Å². The molecule has 5 atom stereocenters. The summed E-state index contributed by atoms with van der Waals surface area (Å²) >= 11 is 0. The zero-order valence-electron chi connectivity index (χ0n) is 14.2. The molecule has 0 bridgehead atoms. The number of hydrogen-bond acceptors (Lipinski definition) is 0. The molecule has 19 heavy (non-hydrogen) atoms. The van der Waals surface area contributed by atoms with E-state index < -0.39 is 0 Å². The zero-order chi connectivity index (χ0) is 14.8. The van der Waals surface area contributed by atoms with Gasteiger partial charge in [-0.05, 0) is 30.1 Å². The summed E-state index contributed by atoms with van der Waals surface area (Å²) in [4.78, 5) is 0. The first-order valence-corrected chi connectivity index (χ1v) is 8.40. The lowest BCUT2D eigenvalue weighted by Gasteiger charge is -2.30. The van der Waals surface area contributed by atoms with Crippen molar-refractivity contribution in [3.63, 3.8) is 0 Å². The lowest BCUT2D eigenvalue weighted by atomic mass is 9.75. The van der Waals surface area contributed by atoms with Crippen LogP contribution in [0.2, 0.25) is 0 Å². The minimum Gasteiger partial charge on any atom is -0.120 e. The van der Waals surface area contributed by atoms with Gasteiger partial charge < -0.3 is 0 Å². The normalized spacial score (nSPS) is 19.2. The molecule has 0 amide bonds. The SMILES string of the molecule is C#CC(C)CCCCC(C)C(C)C(C)C(C)CCC. The fourth-order valence-electron chi connectivity index (χ4n) is 3.02. The Bertz CT molecular complexity index is 247. The van der Waals surface area contributed by atoms with E-state index >= 15 is 0 Å². The molecule has 0 fully saturated rings. The predicted molar refractivity (Wildman–Crippen MR) is 88.0 cm³/mol. The molecule has 0 aliphatic rings. The van der Waals surface area contributed by atoms with Crippen LogP contribution in [0.15, 0.2) is 0 Å². The third-order valence-electron chi connectivity index (χ3n) is 5.20. The summed E-state index contributed by atoms with van der Waals surface area (Å²) in [5, 5.41) is 0. The summed E-state index contributed by atoms with van der Waals surface area (Å²) in [6, 6.07) is 0. The smallest absolute Gasteiger partial charge is 0.0171 e. The van der Waals surface area contributed by atoms with E-state index in [4.69, 9.17) is 6.42 Å². The molecule has 0 aliphatic heterocycles. The maximum atomic E-state index is 5.41. The number of hydrogen-bond donors (Lipinski definition) is 0. The molecule has 0 saturated heterocycles. The lowest BCUT2D eigenvalue weighted by Crippen LogP contribution is -2.22. The second-order valence-electron chi connectivity index (χ2n) is 6.81. The molecule has 0 aromatic rings. The second kappa shape index (κ2) is 10.4. The monoisotopic (exact) mass is 264 g/mol. The fourth-order valence-corrected chi connectivity index (χ4v) is 3.02. The Hall–Kier alpha value is -0.440. The van der Waals surface area contributed by atoms with Crippen molar-refractivity contribution < 1.29 is 0 Å². The summed E-state index contributed by atoms with van der Waals surface area (Å²) in [6.07, 6.45) is 13.3. The van der Waals surface area contributed by atoms with Crippen LogP contribution in [0.3, 0.4) is 0 Å². The highest BCUT2D eigenvalue weighted by molar-refractivity contribution is 4.89. The Morgan fingerprint density at radius 2 is 1.26 bits per heavy atom. The number of terminal acetylenes is 1. The van der Waals surface area contributed by atoms with Gasteiger partial charge in [0.25, 0.3) is 0 Å². The number of rotatable bonds is 10. The van der Waals surface area contributed by atoms with Crippen LogP contribution in [0.4, 0.5) is 0 Å². The minimum atomic E-state index is 0.455. The Kier molecular flexibility index (Phi) is 10.1. The van der Waals surface area contributed by atoms with E-state index in [1.165, 1.54) is 38.5 Å². The molecule has 0 radical (unpaired) electrons. The highest BCUT2D eigenvalue weighted by Crippen LogP contribution is 2.31. The van der Waals surface area contributed by atoms with Crippen LogP contribution in [0.25, 0.3) is 0 Å². The van der Waals surface area contributed by atoms with Crippen molar-refractivity contribution in [2.45, 2.75) is 80.1 Å². The molecule has 0 N–H and O–H groups in total. The van der Waals surface area contributed by atoms with Crippen molar-refractivity contribution in [1.82, 2.24) is 0 Å². The van der Waals surface area contributed by atoms with Gasteiger partial charge in [-0.2, -0.15) is 0 Å². The maximum absolute atomic E-state index is 5.41. The molecule has 0 heteroatoms. The average Bonchev–Trinajstić information content (AvgIpc) is 2.41. The van der Waals surface area contributed by atoms with Crippen molar-refractivity contribution >= 4 is 0 Å². The van der Waals surface area contributed by atoms with Gasteiger partial charge >= 0.3 is 0 Å². The van der Waals surface area contributed by atoms with E-state index in [9.17, 15) is 0 Å². The van der Waals surface area contributed by atoms with Gasteiger partial charge in [0, 0.05) is 5.92 Å². The minimum absolute atomic E-state index is 0.455. The van der Waals surface area contributed by atoms with Crippen molar-refractivity contribution in [3.8, 4) is 12.3 Å². The van der Waals surface area contributed by atoms with Crippen LogP contribution in [0, 0.1) is 41.9 Å². The Morgan fingerprint density at radius 3 is 1.74 bits per heavy atom. The van der Waals surface area contributed by atoms with Crippen LogP contribution in [-0.2, 0) is 0 Å². The largest absolute Gasteiger partial charge is 0.120 e. The van der Waals surface area contributed by atoms with Gasteiger partial charge in [0.15, 0.2) is 0 Å². The van der Waals surface area contributed by atoms with E-state index in [2.05, 4.69) is 47.5 Å². The molecule has 0 aromatic heterocycles. The highest BCUT2D eigenvalue weighted by atomic mass is 14.3. The summed E-state index contributed by atoms with van der Waals surface area (Å²) in [6.45, 7) is 14.2. The van der Waals surface area contributed by atoms with E-state index in [1.807, 2.05) is 0 Å². The summed E-state index contributed by atoms with van der Waals surface area (Å²) in [5.41, 5.74) is 0. The Morgan fingerprint density at radius 1 is 0.789 bits per heavy atom. The van der Waals surface area contributed by atoms with E-state index in [0.717, 1.165) is 23.7 Å². The van der Waals surface area contributed by atoms with Gasteiger partial charge in [0.05, 0.1) is 0 Å². The van der Waals surface area contributed by atoms with Crippen LogP contribution in [-0.4, -0.2) is 0 Å². The summed E-state index contributed by atoms with van der Waals surface area (Å²) < 4.78 is 0. The van der Waals surface area contributed by atoms with Crippen LogP contribution >= 0.6 is 0 Å². The van der Waals surface area contributed by atoms with Crippen LogP contribution in [0.1, 0.15) is 80.1 Å². The van der Waals surface area contributed by atoms with Crippen LogP contribution in [0.5, 0.6) is 0 Å². The molecule has 0 nitrogen and oxygen atoms in total. The molecule has 0 saturated carbocycles. The van der Waals surface area contributed by atoms with Crippen LogP contribution < -0.4 is 0 Å². The molecule has 5 unspecified atom stereocenters. The van der Waals surface area contributed by atoms with Gasteiger partial charge in [0.1, 0.15) is 0 Å². The second-order valence-corrected chi connectivity index (χ2v) is 6.81. The van der Waals surface area contributed by atoms with Gasteiger partial charge in [-0.3, -0.25) is 0 Å².